The minimum Gasteiger partial charge on any atom is -0.456 e. The quantitative estimate of drug-likeness (QED) is 0.453. The van der Waals surface area contributed by atoms with Gasteiger partial charge in [-0.3, -0.25) is 9.59 Å². The van der Waals surface area contributed by atoms with E-state index in [0.29, 0.717) is 47.6 Å². The van der Waals surface area contributed by atoms with E-state index in [1.54, 1.807) is 32.0 Å². The van der Waals surface area contributed by atoms with Crippen molar-refractivity contribution in [1.29, 1.82) is 0 Å². The fourth-order valence-corrected chi connectivity index (χ4v) is 4.52. The van der Waals surface area contributed by atoms with E-state index in [2.05, 4.69) is 5.32 Å². The number of likely N-dealkylation sites (tertiary alicyclic amines) is 1. The van der Waals surface area contributed by atoms with Gasteiger partial charge in [-0.15, -0.1) is 0 Å². The Bertz CT molecular complexity index is 1350. The van der Waals surface area contributed by atoms with Crippen LogP contribution in [0.25, 0.3) is 11.1 Å². The van der Waals surface area contributed by atoms with Crippen molar-refractivity contribution in [2.75, 3.05) is 25.0 Å². The summed E-state index contributed by atoms with van der Waals surface area (Å²) in [5.41, 5.74) is 3.12. The van der Waals surface area contributed by atoms with Gasteiger partial charge in [0.15, 0.2) is 0 Å². The van der Waals surface area contributed by atoms with Crippen LogP contribution in [0.3, 0.4) is 0 Å². The first-order valence-corrected chi connectivity index (χ1v) is 12.5. The number of aliphatic hydroxyl groups excluding tert-OH is 1. The van der Waals surface area contributed by atoms with E-state index in [9.17, 15) is 19.8 Å². The molecule has 4 rings (SSSR count). The maximum atomic E-state index is 12.7. The monoisotopic (exact) mass is 505 g/mol. The maximum Gasteiger partial charge on any atom is 0.252 e. The standard InChI is InChI=1S/C29H35N3O5/c1-18-7-6-8-19(2)28(18)37-25-10-9-20(29(3,4)36)13-22(25)23-17-31(5)26(34)14-24(23)30-15-27(35)32-12-11-21(33)16-32/h6-10,13-14,17,21,30,33,36H,11-12,15-16H2,1-5H3/t21-/m1/s1. The summed E-state index contributed by atoms with van der Waals surface area (Å²) in [6, 6.07) is 12.9. The van der Waals surface area contributed by atoms with Gasteiger partial charge >= 0.3 is 0 Å². The summed E-state index contributed by atoms with van der Waals surface area (Å²) >= 11 is 0. The van der Waals surface area contributed by atoms with Crippen molar-refractivity contribution in [2.45, 2.75) is 45.8 Å². The molecule has 1 atom stereocenters. The van der Waals surface area contributed by atoms with Gasteiger partial charge in [-0.25, -0.2) is 0 Å². The van der Waals surface area contributed by atoms with E-state index in [0.717, 1.165) is 16.9 Å². The highest BCUT2D eigenvalue weighted by atomic mass is 16.5. The number of carbonyl (C=O) groups is 1. The lowest BCUT2D eigenvalue weighted by molar-refractivity contribution is -0.128. The second-order valence-electron chi connectivity index (χ2n) is 10.3. The van der Waals surface area contributed by atoms with Crippen LogP contribution in [0.4, 0.5) is 5.69 Å². The van der Waals surface area contributed by atoms with Crippen LogP contribution < -0.4 is 15.6 Å². The normalized spacial score (nSPS) is 15.6. The predicted octanol–water partition coefficient (Wildman–Crippen LogP) is 3.69. The number of rotatable bonds is 7. The summed E-state index contributed by atoms with van der Waals surface area (Å²) in [5.74, 6) is 1.14. The molecule has 0 spiro atoms. The summed E-state index contributed by atoms with van der Waals surface area (Å²) in [6.07, 6.45) is 1.76. The van der Waals surface area contributed by atoms with Crippen LogP contribution in [0.15, 0.2) is 53.5 Å². The third kappa shape index (κ3) is 5.87. The lowest BCUT2D eigenvalue weighted by Crippen LogP contribution is -2.34. The number of hydrogen-bond donors (Lipinski definition) is 3. The Morgan fingerprint density at radius 2 is 1.84 bits per heavy atom. The maximum absolute atomic E-state index is 12.7. The number of ether oxygens (including phenoxy) is 1. The Hall–Kier alpha value is -3.62. The van der Waals surface area contributed by atoms with Gasteiger partial charge < -0.3 is 29.7 Å². The van der Waals surface area contributed by atoms with Gasteiger partial charge in [-0.1, -0.05) is 24.3 Å². The number of aromatic nitrogens is 1. The van der Waals surface area contributed by atoms with Gasteiger partial charge in [0.05, 0.1) is 18.2 Å². The average molecular weight is 506 g/mol. The fraction of sp³-hybridized carbons (Fsp3) is 0.379. The zero-order valence-electron chi connectivity index (χ0n) is 22.0. The molecule has 0 unspecified atom stereocenters. The molecule has 3 aromatic rings. The van der Waals surface area contributed by atoms with Crippen LogP contribution in [0, 0.1) is 13.8 Å². The van der Waals surface area contributed by atoms with Crippen molar-refractivity contribution in [1.82, 2.24) is 9.47 Å². The third-order valence-corrected chi connectivity index (χ3v) is 6.77. The Kier molecular flexibility index (Phi) is 7.43. The molecular formula is C29H35N3O5. The fourth-order valence-electron chi connectivity index (χ4n) is 4.52. The highest BCUT2D eigenvalue weighted by molar-refractivity contribution is 5.86. The van der Waals surface area contributed by atoms with Crippen molar-refractivity contribution >= 4 is 11.6 Å². The summed E-state index contributed by atoms with van der Waals surface area (Å²) in [7, 11) is 1.66. The van der Waals surface area contributed by atoms with Crippen molar-refractivity contribution in [2.24, 2.45) is 7.05 Å². The van der Waals surface area contributed by atoms with E-state index in [-0.39, 0.29) is 18.0 Å². The molecule has 1 aliphatic rings. The molecule has 0 radical (unpaired) electrons. The van der Waals surface area contributed by atoms with Crippen LogP contribution in [-0.2, 0) is 17.4 Å². The molecule has 2 heterocycles. The Morgan fingerprint density at radius 3 is 2.46 bits per heavy atom. The minimum absolute atomic E-state index is 0.0227. The molecule has 3 N–H and O–H groups in total. The number of β-amino-alcohol motifs (C(OH)–C–C–N with tert-alkyl or cyclic N) is 1. The summed E-state index contributed by atoms with van der Waals surface area (Å²) < 4.78 is 7.91. The number of benzene rings is 2. The topological polar surface area (TPSA) is 104 Å². The molecule has 0 bridgehead atoms. The molecule has 2 aromatic carbocycles. The lowest BCUT2D eigenvalue weighted by atomic mass is 9.93. The van der Waals surface area contributed by atoms with E-state index >= 15 is 0 Å². The van der Waals surface area contributed by atoms with E-state index < -0.39 is 11.7 Å². The van der Waals surface area contributed by atoms with Crippen LogP contribution in [-0.4, -0.2) is 51.3 Å². The Morgan fingerprint density at radius 1 is 1.14 bits per heavy atom. The molecule has 0 aliphatic carbocycles. The van der Waals surface area contributed by atoms with Gasteiger partial charge in [-0.05, 0) is 62.9 Å². The number of nitrogens with zero attached hydrogens (tertiary/aromatic N) is 2. The number of nitrogens with one attached hydrogen (secondary N) is 1. The van der Waals surface area contributed by atoms with Crippen LogP contribution >= 0.6 is 0 Å². The number of anilines is 1. The van der Waals surface area contributed by atoms with E-state index in [1.807, 2.05) is 50.2 Å². The van der Waals surface area contributed by atoms with Gasteiger partial charge in [-0.2, -0.15) is 0 Å². The van der Waals surface area contributed by atoms with Gasteiger partial charge in [0, 0.05) is 49.2 Å². The van der Waals surface area contributed by atoms with Crippen LogP contribution in [0.2, 0.25) is 0 Å². The second kappa shape index (κ2) is 10.4. The first-order valence-electron chi connectivity index (χ1n) is 12.5. The molecule has 1 aliphatic heterocycles. The van der Waals surface area contributed by atoms with Gasteiger partial charge in [0.25, 0.3) is 5.56 Å². The molecular weight excluding hydrogens is 470 g/mol. The molecule has 0 saturated carbocycles. The molecule has 1 aromatic heterocycles. The summed E-state index contributed by atoms with van der Waals surface area (Å²) in [4.78, 5) is 26.9. The number of aryl methyl sites for hydroxylation is 3. The molecule has 8 heteroatoms. The molecule has 8 nitrogen and oxygen atoms in total. The zero-order valence-corrected chi connectivity index (χ0v) is 22.0. The Balaban J connectivity index is 1.79. The van der Waals surface area contributed by atoms with Gasteiger partial charge in [0.2, 0.25) is 5.91 Å². The molecule has 1 fully saturated rings. The molecule has 196 valence electrons. The van der Waals surface area contributed by atoms with Crippen molar-refractivity contribution < 1.29 is 19.7 Å². The van der Waals surface area contributed by atoms with Crippen molar-refractivity contribution in [3.05, 3.63) is 75.7 Å². The molecule has 1 amide bonds. The average Bonchev–Trinajstić information content (AvgIpc) is 3.27. The first-order chi connectivity index (χ1) is 17.4. The number of carbonyl (C=O) groups excluding carboxylic acids is 1. The van der Waals surface area contributed by atoms with E-state index in [1.165, 1.54) is 10.6 Å². The van der Waals surface area contributed by atoms with Crippen molar-refractivity contribution in [3.8, 4) is 22.6 Å². The number of pyridine rings is 1. The summed E-state index contributed by atoms with van der Waals surface area (Å²) in [6.45, 7) is 8.17. The van der Waals surface area contributed by atoms with Crippen LogP contribution in [0.5, 0.6) is 11.5 Å². The Labute approximate surface area is 217 Å². The minimum atomic E-state index is -1.10. The third-order valence-electron chi connectivity index (χ3n) is 6.77. The number of aliphatic hydroxyl groups is 2. The lowest BCUT2D eigenvalue weighted by Gasteiger charge is -2.23. The zero-order chi connectivity index (χ0) is 26.9. The second-order valence-corrected chi connectivity index (χ2v) is 10.3. The van der Waals surface area contributed by atoms with Crippen molar-refractivity contribution in [3.63, 3.8) is 0 Å². The molecule has 1 saturated heterocycles. The van der Waals surface area contributed by atoms with Crippen LogP contribution in [0.1, 0.15) is 37.0 Å². The largest absolute Gasteiger partial charge is 0.456 e. The highest BCUT2D eigenvalue weighted by Crippen LogP contribution is 2.40. The molecule has 37 heavy (non-hydrogen) atoms. The SMILES string of the molecule is Cc1cccc(C)c1Oc1ccc(C(C)(C)O)cc1-c1cn(C)c(=O)cc1NCC(=O)N1CC[C@@H](O)C1. The first kappa shape index (κ1) is 26.4. The number of para-hydroxylation sites is 1. The number of amides is 1. The smallest absolute Gasteiger partial charge is 0.252 e. The summed E-state index contributed by atoms with van der Waals surface area (Å²) in [5, 5.41) is 23.7. The highest BCUT2D eigenvalue weighted by Gasteiger charge is 2.25. The van der Waals surface area contributed by atoms with E-state index in [4.69, 9.17) is 4.74 Å². The number of hydrogen-bond acceptors (Lipinski definition) is 6. The van der Waals surface area contributed by atoms with Gasteiger partial charge in [0.1, 0.15) is 11.5 Å². The predicted molar refractivity (Wildman–Crippen MR) is 144 cm³/mol.